The van der Waals surface area contributed by atoms with Crippen LogP contribution in [0.3, 0.4) is 0 Å². The molecular weight excluding hydrogens is 436 g/mol. The van der Waals surface area contributed by atoms with Crippen LogP contribution < -0.4 is 13.9 Å². The fourth-order valence-electron chi connectivity index (χ4n) is 3.94. The minimum atomic E-state index is -3.68. The highest BCUT2D eigenvalue weighted by atomic mass is 32.2. The van der Waals surface area contributed by atoms with E-state index in [0.29, 0.717) is 24.3 Å². The Morgan fingerprint density at radius 1 is 0.970 bits per heavy atom. The molecule has 0 unspecified atom stereocenters. The Labute approximate surface area is 195 Å². The number of carbonyl (C=O) groups is 1. The largest absolute Gasteiger partial charge is 0.483 e. The predicted octanol–water partition coefficient (Wildman–Crippen LogP) is 4.41. The van der Waals surface area contributed by atoms with Crippen LogP contribution in [0, 0.1) is 20.8 Å². The smallest absolute Gasteiger partial charge is 0.264 e. The first kappa shape index (κ1) is 22.9. The number of sulfonamides is 1. The van der Waals surface area contributed by atoms with Gasteiger partial charge in [-0.3, -0.25) is 9.10 Å². The summed E-state index contributed by atoms with van der Waals surface area (Å²) >= 11 is 0. The van der Waals surface area contributed by atoms with Gasteiger partial charge in [-0.2, -0.15) is 0 Å². The van der Waals surface area contributed by atoms with E-state index >= 15 is 0 Å². The van der Waals surface area contributed by atoms with E-state index in [-0.39, 0.29) is 17.4 Å². The maximum absolute atomic E-state index is 13.2. The van der Waals surface area contributed by atoms with E-state index in [2.05, 4.69) is 0 Å². The highest BCUT2D eigenvalue weighted by molar-refractivity contribution is 7.92. The number of benzene rings is 3. The van der Waals surface area contributed by atoms with Crippen molar-refractivity contribution in [3.8, 4) is 5.75 Å². The maximum atomic E-state index is 13.2. The van der Waals surface area contributed by atoms with Crippen LogP contribution in [0.5, 0.6) is 5.75 Å². The fraction of sp³-hybridized carbons (Fsp3) is 0.269. The Bertz CT molecular complexity index is 1320. The minimum Gasteiger partial charge on any atom is -0.483 e. The van der Waals surface area contributed by atoms with Crippen molar-refractivity contribution in [2.24, 2.45) is 0 Å². The topological polar surface area (TPSA) is 66.9 Å². The first-order valence-corrected chi connectivity index (χ1v) is 12.3. The molecule has 1 amide bonds. The molecule has 0 fully saturated rings. The number of amides is 1. The fourth-order valence-corrected chi connectivity index (χ4v) is 5.53. The zero-order chi connectivity index (χ0) is 23.8. The number of aryl methyl sites for hydroxylation is 3. The molecule has 0 aromatic heterocycles. The van der Waals surface area contributed by atoms with Gasteiger partial charge in [0.2, 0.25) is 0 Å². The van der Waals surface area contributed by atoms with Crippen LogP contribution in [-0.2, 0) is 21.2 Å². The molecule has 0 atom stereocenters. The number of hydrogen-bond donors (Lipinski definition) is 0. The number of para-hydroxylation sites is 1. The van der Waals surface area contributed by atoms with Crippen molar-refractivity contribution in [2.75, 3.05) is 29.4 Å². The number of rotatable bonds is 6. The third kappa shape index (κ3) is 4.46. The molecule has 0 saturated carbocycles. The maximum Gasteiger partial charge on any atom is 0.264 e. The van der Waals surface area contributed by atoms with Gasteiger partial charge in [0.05, 0.1) is 10.6 Å². The van der Waals surface area contributed by atoms with E-state index < -0.39 is 10.0 Å². The standard InChI is InChI=1S/C26H28N2O4S/c1-18-9-10-22(15-19(18)2)27(4)26(29)17-32-25-12-11-23(16-20(25)3)33(30,31)28-14-13-21-7-5-6-8-24(21)28/h5-12,15-16H,13-14,17H2,1-4H3. The van der Waals surface area contributed by atoms with Crippen molar-refractivity contribution in [2.45, 2.75) is 32.1 Å². The molecular formula is C26H28N2O4S. The van der Waals surface area contributed by atoms with Crippen LogP contribution in [0.2, 0.25) is 0 Å². The van der Waals surface area contributed by atoms with Gasteiger partial charge < -0.3 is 9.64 Å². The summed E-state index contributed by atoms with van der Waals surface area (Å²) in [6.45, 7) is 6.10. The first-order chi connectivity index (χ1) is 15.7. The molecule has 0 N–H and O–H groups in total. The lowest BCUT2D eigenvalue weighted by molar-refractivity contribution is -0.120. The van der Waals surface area contributed by atoms with Crippen molar-refractivity contribution in [1.29, 1.82) is 0 Å². The van der Waals surface area contributed by atoms with Crippen LogP contribution in [-0.4, -0.2) is 34.5 Å². The van der Waals surface area contributed by atoms with E-state index in [1.54, 1.807) is 31.0 Å². The van der Waals surface area contributed by atoms with Gasteiger partial charge in [0.1, 0.15) is 5.75 Å². The van der Waals surface area contributed by atoms with E-state index in [4.69, 9.17) is 4.74 Å². The Hall–Kier alpha value is -3.32. The molecule has 0 bridgehead atoms. The number of carbonyl (C=O) groups excluding carboxylic acids is 1. The van der Waals surface area contributed by atoms with Gasteiger partial charge in [-0.15, -0.1) is 0 Å². The highest BCUT2D eigenvalue weighted by Crippen LogP contribution is 2.33. The molecule has 0 aliphatic carbocycles. The lowest BCUT2D eigenvalue weighted by Crippen LogP contribution is -2.31. The number of nitrogens with zero attached hydrogens (tertiary/aromatic N) is 2. The van der Waals surface area contributed by atoms with Gasteiger partial charge in [-0.05, 0) is 85.8 Å². The molecule has 3 aromatic carbocycles. The Morgan fingerprint density at radius 2 is 1.73 bits per heavy atom. The Morgan fingerprint density at radius 3 is 2.45 bits per heavy atom. The second kappa shape index (κ2) is 8.90. The summed E-state index contributed by atoms with van der Waals surface area (Å²) in [7, 11) is -1.96. The second-order valence-electron chi connectivity index (χ2n) is 8.39. The average Bonchev–Trinajstić information content (AvgIpc) is 3.24. The summed E-state index contributed by atoms with van der Waals surface area (Å²) in [6.07, 6.45) is 0.700. The quantitative estimate of drug-likeness (QED) is 0.542. The van der Waals surface area contributed by atoms with Crippen LogP contribution in [0.1, 0.15) is 22.3 Å². The van der Waals surface area contributed by atoms with Crippen molar-refractivity contribution < 1.29 is 17.9 Å². The summed E-state index contributed by atoms with van der Waals surface area (Å²) in [5, 5.41) is 0. The predicted molar refractivity (Wildman–Crippen MR) is 131 cm³/mol. The summed E-state index contributed by atoms with van der Waals surface area (Å²) in [6, 6.07) is 18.2. The average molecular weight is 465 g/mol. The summed E-state index contributed by atoms with van der Waals surface area (Å²) in [5.74, 6) is 0.292. The van der Waals surface area contributed by atoms with Gasteiger partial charge in [0.15, 0.2) is 6.61 Å². The number of ether oxygens (including phenoxy) is 1. The normalized spacial score (nSPS) is 13.0. The minimum absolute atomic E-state index is 0.143. The van der Waals surface area contributed by atoms with Crippen molar-refractivity contribution in [1.82, 2.24) is 0 Å². The van der Waals surface area contributed by atoms with Crippen LogP contribution in [0.15, 0.2) is 65.6 Å². The zero-order valence-corrected chi connectivity index (χ0v) is 20.1. The molecule has 33 heavy (non-hydrogen) atoms. The van der Waals surface area contributed by atoms with E-state index in [9.17, 15) is 13.2 Å². The van der Waals surface area contributed by atoms with E-state index in [0.717, 1.165) is 22.5 Å². The van der Waals surface area contributed by atoms with Crippen molar-refractivity contribution >= 4 is 27.3 Å². The van der Waals surface area contributed by atoms with Crippen LogP contribution in [0.4, 0.5) is 11.4 Å². The van der Waals surface area contributed by atoms with Gasteiger partial charge in [0.25, 0.3) is 15.9 Å². The van der Waals surface area contributed by atoms with Gasteiger partial charge in [0, 0.05) is 19.3 Å². The zero-order valence-electron chi connectivity index (χ0n) is 19.3. The molecule has 3 aromatic rings. The lowest BCUT2D eigenvalue weighted by Gasteiger charge is -2.21. The molecule has 172 valence electrons. The molecule has 0 spiro atoms. The van der Waals surface area contributed by atoms with E-state index in [1.165, 1.54) is 15.9 Å². The summed E-state index contributed by atoms with van der Waals surface area (Å²) in [4.78, 5) is 14.4. The Balaban J connectivity index is 1.47. The van der Waals surface area contributed by atoms with Gasteiger partial charge >= 0.3 is 0 Å². The second-order valence-corrected chi connectivity index (χ2v) is 10.3. The first-order valence-electron chi connectivity index (χ1n) is 10.9. The number of likely N-dealkylation sites (N-methyl/N-ethyl adjacent to an activating group) is 1. The van der Waals surface area contributed by atoms with Crippen molar-refractivity contribution in [3.63, 3.8) is 0 Å². The Kier molecular flexibility index (Phi) is 6.17. The molecule has 6 nitrogen and oxygen atoms in total. The summed E-state index contributed by atoms with van der Waals surface area (Å²) in [5.41, 5.74) is 5.50. The van der Waals surface area contributed by atoms with Gasteiger partial charge in [-0.25, -0.2) is 8.42 Å². The summed E-state index contributed by atoms with van der Waals surface area (Å²) < 4.78 is 33.7. The van der Waals surface area contributed by atoms with Gasteiger partial charge in [-0.1, -0.05) is 24.3 Å². The number of hydrogen-bond acceptors (Lipinski definition) is 4. The molecule has 0 saturated heterocycles. The lowest BCUT2D eigenvalue weighted by atomic mass is 10.1. The highest BCUT2D eigenvalue weighted by Gasteiger charge is 2.30. The SMILES string of the molecule is Cc1ccc(N(C)C(=O)COc2ccc(S(=O)(=O)N3CCc4ccccc43)cc2C)cc1C. The number of fused-ring (bicyclic) bond motifs is 1. The molecule has 1 aliphatic heterocycles. The third-order valence-corrected chi connectivity index (χ3v) is 7.99. The van der Waals surface area contributed by atoms with Crippen LogP contribution in [0.25, 0.3) is 0 Å². The monoisotopic (exact) mass is 464 g/mol. The third-order valence-electron chi connectivity index (χ3n) is 6.18. The molecule has 1 heterocycles. The van der Waals surface area contributed by atoms with Crippen LogP contribution >= 0.6 is 0 Å². The molecule has 7 heteroatoms. The van der Waals surface area contributed by atoms with Crippen molar-refractivity contribution in [3.05, 3.63) is 82.9 Å². The number of anilines is 2. The molecule has 0 radical (unpaired) electrons. The molecule has 4 rings (SSSR count). The van der Waals surface area contributed by atoms with E-state index in [1.807, 2.05) is 56.3 Å². The molecule has 1 aliphatic rings.